The monoisotopic (exact) mass is 266 g/mol. The van der Waals surface area contributed by atoms with Crippen molar-refractivity contribution in [2.75, 3.05) is 17.6 Å². The number of aryl methyl sites for hydroxylation is 1. The van der Waals surface area contributed by atoms with E-state index in [-0.39, 0.29) is 0 Å². The number of hydrogen-bond donors (Lipinski definition) is 2. The summed E-state index contributed by atoms with van der Waals surface area (Å²) in [5, 5.41) is 12.2. The molecule has 0 spiro atoms. The number of nitrogens with zero attached hydrogens (tertiary/aromatic N) is 2. The van der Waals surface area contributed by atoms with Crippen LogP contribution in [0.1, 0.15) is 5.56 Å². The SMILES string of the molecule is Cc1ccc(Nc2nnc(SCCN)s2)cc1. The van der Waals surface area contributed by atoms with E-state index in [2.05, 4.69) is 34.6 Å². The highest BCUT2D eigenvalue weighted by Gasteiger charge is 2.04. The molecule has 4 nitrogen and oxygen atoms in total. The molecule has 1 heterocycles. The van der Waals surface area contributed by atoms with Crippen LogP contribution in [0.15, 0.2) is 28.6 Å². The lowest BCUT2D eigenvalue weighted by Crippen LogP contribution is -2.00. The van der Waals surface area contributed by atoms with Crippen LogP contribution in [-0.2, 0) is 0 Å². The summed E-state index contributed by atoms with van der Waals surface area (Å²) in [6, 6.07) is 8.19. The molecule has 2 rings (SSSR count). The fraction of sp³-hybridized carbons (Fsp3) is 0.273. The summed E-state index contributed by atoms with van der Waals surface area (Å²) >= 11 is 3.18. The Morgan fingerprint density at radius 3 is 2.76 bits per heavy atom. The highest BCUT2D eigenvalue weighted by Crippen LogP contribution is 2.27. The van der Waals surface area contributed by atoms with E-state index >= 15 is 0 Å². The van der Waals surface area contributed by atoms with Crippen molar-refractivity contribution in [2.24, 2.45) is 5.73 Å². The van der Waals surface area contributed by atoms with Gasteiger partial charge in [0, 0.05) is 18.0 Å². The van der Waals surface area contributed by atoms with Crippen LogP contribution in [0.3, 0.4) is 0 Å². The highest BCUT2D eigenvalue weighted by atomic mass is 32.2. The Balaban J connectivity index is 1.98. The number of nitrogens with two attached hydrogens (primary N) is 1. The van der Waals surface area contributed by atoms with Gasteiger partial charge in [-0.25, -0.2) is 0 Å². The molecule has 0 bridgehead atoms. The maximum atomic E-state index is 5.44. The third-order valence-electron chi connectivity index (χ3n) is 2.05. The van der Waals surface area contributed by atoms with Crippen molar-refractivity contribution in [3.8, 4) is 0 Å². The van der Waals surface area contributed by atoms with E-state index in [1.807, 2.05) is 12.1 Å². The summed E-state index contributed by atoms with van der Waals surface area (Å²) < 4.78 is 0.949. The first-order valence-electron chi connectivity index (χ1n) is 5.28. The normalized spacial score (nSPS) is 10.5. The van der Waals surface area contributed by atoms with Gasteiger partial charge in [0.2, 0.25) is 5.13 Å². The van der Waals surface area contributed by atoms with Crippen molar-refractivity contribution in [1.82, 2.24) is 10.2 Å². The Bertz CT molecular complexity index is 467. The lowest BCUT2D eigenvalue weighted by atomic mass is 10.2. The van der Waals surface area contributed by atoms with Gasteiger partial charge in [0.1, 0.15) is 0 Å². The van der Waals surface area contributed by atoms with Gasteiger partial charge in [-0.2, -0.15) is 0 Å². The van der Waals surface area contributed by atoms with Crippen LogP contribution >= 0.6 is 23.1 Å². The Hall–Kier alpha value is -1.11. The maximum absolute atomic E-state index is 5.44. The van der Waals surface area contributed by atoms with Gasteiger partial charge < -0.3 is 11.1 Å². The Morgan fingerprint density at radius 2 is 2.06 bits per heavy atom. The smallest absolute Gasteiger partial charge is 0.210 e. The average Bonchev–Trinajstić information content (AvgIpc) is 2.77. The largest absolute Gasteiger partial charge is 0.330 e. The summed E-state index contributed by atoms with van der Waals surface area (Å²) in [5.41, 5.74) is 7.71. The predicted molar refractivity (Wildman–Crippen MR) is 74.1 cm³/mol. The van der Waals surface area contributed by atoms with Gasteiger partial charge in [-0.1, -0.05) is 40.8 Å². The second kappa shape index (κ2) is 6.00. The van der Waals surface area contributed by atoms with Crippen molar-refractivity contribution >= 4 is 33.9 Å². The van der Waals surface area contributed by atoms with Crippen LogP contribution in [-0.4, -0.2) is 22.5 Å². The lowest BCUT2D eigenvalue weighted by molar-refractivity contribution is 1.01. The number of thioether (sulfide) groups is 1. The van der Waals surface area contributed by atoms with Crippen molar-refractivity contribution < 1.29 is 0 Å². The van der Waals surface area contributed by atoms with Crippen LogP contribution in [0.4, 0.5) is 10.8 Å². The fourth-order valence-electron chi connectivity index (χ4n) is 1.23. The minimum Gasteiger partial charge on any atom is -0.330 e. The number of nitrogens with one attached hydrogen (secondary N) is 1. The van der Waals surface area contributed by atoms with Crippen LogP contribution in [0.5, 0.6) is 0 Å². The molecule has 0 fully saturated rings. The zero-order valence-electron chi connectivity index (χ0n) is 9.51. The molecule has 0 amide bonds. The molecule has 0 aliphatic heterocycles. The summed E-state index contributed by atoms with van der Waals surface area (Å²) in [6.45, 7) is 2.72. The quantitative estimate of drug-likeness (QED) is 0.815. The third kappa shape index (κ3) is 3.69. The molecule has 2 aromatic rings. The Kier molecular flexibility index (Phi) is 4.36. The first-order valence-corrected chi connectivity index (χ1v) is 7.08. The van der Waals surface area contributed by atoms with Crippen LogP contribution in [0.2, 0.25) is 0 Å². The van der Waals surface area contributed by atoms with E-state index in [1.54, 1.807) is 23.1 Å². The van der Waals surface area contributed by atoms with Crippen LogP contribution < -0.4 is 11.1 Å². The van der Waals surface area contributed by atoms with Crippen molar-refractivity contribution in [1.29, 1.82) is 0 Å². The van der Waals surface area contributed by atoms with E-state index in [4.69, 9.17) is 5.73 Å². The summed E-state index contributed by atoms with van der Waals surface area (Å²) in [4.78, 5) is 0. The number of hydrogen-bond acceptors (Lipinski definition) is 6. The van der Waals surface area contributed by atoms with Crippen molar-refractivity contribution in [3.05, 3.63) is 29.8 Å². The molecular weight excluding hydrogens is 252 g/mol. The molecule has 1 aromatic heterocycles. The second-order valence-electron chi connectivity index (χ2n) is 3.50. The first kappa shape index (κ1) is 12.3. The number of rotatable bonds is 5. The fourth-order valence-corrected chi connectivity index (χ4v) is 2.84. The first-order chi connectivity index (χ1) is 8.28. The van der Waals surface area contributed by atoms with Crippen LogP contribution in [0.25, 0.3) is 0 Å². The number of benzene rings is 1. The predicted octanol–water partition coefficient (Wildman–Crippen LogP) is 2.64. The summed E-state index contributed by atoms with van der Waals surface area (Å²) in [7, 11) is 0. The second-order valence-corrected chi connectivity index (χ2v) is 5.82. The molecule has 3 N–H and O–H groups in total. The molecule has 0 atom stereocenters. The van der Waals surface area contributed by atoms with Gasteiger partial charge in [0.25, 0.3) is 0 Å². The third-order valence-corrected chi connectivity index (χ3v) is 4.06. The molecule has 0 saturated carbocycles. The molecule has 17 heavy (non-hydrogen) atoms. The number of aromatic nitrogens is 2. The van der Waals surface area contributed by atoms with Gasteiger partial charge in [0.15, 0.2) is 4.34 Å². The van der Waals surface area contributed by atoms with Gasteiger partial charge >= 0.3 is 0 Å². The van der Waals surface area contributed by atoms with Gasteiger partial charge in [0.05, 0.1) is 0 Å². The molecule has 0 radical (unpaired) electrons. The van der Waals surface area contributed by atoms with Crippen LogP contribution in [0, 0.1) is 6.92 Å². The van der Waals surface area contributed by atoms with E-state index in [1.165, 1.54) is 5.56 Å². The Labute approximate surface area is 109 Å². The van der Waals surface area contributed by atoms with E-state index in [0.717, 1.165) is 20.9 Å². The minimum absolute atomic E-state index is 0.658. The molecule has 0 unspecified atom stereocenters. The molecule has 0 saturated heterocycles. The molecule has 1 aromatic carbocycles. The van der Waals surface area contributed by atoms with E-state index < -0.39 is 0 Å². The van der Waals surface area contributed by atoms with E-state index in [0.29, 0.717) is 6.54 Å². The minimum atomic E-state index is 0.658. The highest BCUT2D eigenvalue weighted by molar-refractivity contribution is 8.01. The lowest BCUT2D eigenvalue weighted by Gasteiger charge is -2.01. The topological polar surface area (TPSA) is 63.8 Å². The van der Waals surface area contributed by atoms with Crippen molar-refractivity contribution in [3.63, 3.8) is 0 Å². The molecule has 6 heteroatoms. The standard InChI is InChI=1S/C11H14N4S2/c1-8-2-4-9(5-3-8)13-10-14-15-11(17-10)16-7-6-12/h2-5H,6-7,12H2,1H3,(H,13,14). The van der Waals surface area contributed by atoms with Gasteiger partial charge in [-0.3, -0.25) is 0 Å². The summed E-state index contributed by atoms with van der Waals surface area (Å²) in [5.74, 6) is 0.874. The average molecular weight is 266 g/mol. The van der Waals surface area contributed by atoms with Gasteiger partial charge in [-0.05, 0) is 19.1 Å². The Morgan fingerprint density at radius 1 is 1.29 bits per heavy atom. The van der Waals surface area contributed by atoms with Gasteiger partial charge in [-0.15, -0.1) is 10.2 Å². The van der Waals surface area contributed by atoms with E-state index in [9.17, 15) is 0 Å². The molecular formula is C11H14N4S2. The number of anilines is 2. The summed E-state index contributed by atoms with van der Waals surface area (Å²) in [6.07, 6.45) is 0. The van der Waals surface area contributed by atoms with Crippen molar-refractivity contribution in [2.45, 2.75) is 11.3 Å². The zero-order chi connectivity index (χ0) is 12.1. The maximum Gasteiger partial charge on any atom is 0.210 e. The zero-order valence-corrected chi connectivity index (χ0v) is 11.1. The molecule has 90 valence electrons. The molecule has 0 aliphatic rings. The molecule has 0 aliphatic carbocycles.